The molecule has 0 aliphatic heterocycles. The van der Waals surface area contributed by atoms with E-state index in [9.17, 15) is 17.6 Å². The first-order valence-corrected chi connectivity index (χ1v) is 8.21. The Kier molecular flexibility index (Phi) is 3.65. The summed E-state index contributed by atoms with van der Waals surface area (Å²) in [5.41, 5.74) is 0.655. The molecule has 0 atom stereocenters. The van der Waals surface area contributed by atoms with Gasteiger partial charge in [-0.3, -0.25) is 9.29 Å². The van der Waals surface area contributed by atoms with E-state index < -0.39 is 21.6 Å². The van der Waals surface area contributed by atoms with Crippen molar-refractivity contribution >= 4 is 38.4 Å². The molecule has 1 aromatic heterocycles. The summed E-state index contributed by atoms with van der Waals surface area (Å²) in [6.07, 6.45) is 0. The zero-order chi connectivity index (χ0) is 16.8. The van der Waals surface area contributed by atoms with Crippen molar-refractivity contribution < 1.29 is 17.2 Å². The highest BCUT2D eigenvalue weighted by Gasteiger charge is 2.18. The van der Waals surface area contributed by atoms with Crippen LogP contribution in [0.1, 0.15) is 0 Å². The Morgan fingerprint density at radius 1 is 1.22 bits per heavy atom. The van der Waals surface area contributed by atoms with Crippen molar-refractivity contribution in [1.29, 1.82) is 0 Å². The van der Waals surface area contributed by atoms with Gasteiger partial charge in [-0.2, -0.15) is 0 Å². The maximum Gasteiger partial charge on any atom is 0.419 e. The zero-order valence-corrected chi connectivity index (χ0v) is 13.3. The summed E-state index contributed by atoms with van der Waals surface area (Å²) in [6.45, 7) is 0. The van der Waals surface area contributed by atoms with Crippen molar-refractivity contribution in [3.05, 3.63) is 57.8 Å². The number of rotatable bonds is 3. The van der Waals surface area contributed by atoms with Crippen molar-refractivity contribution in [2.24, 2.45) is 7.05 Å². The van der Waals surface area contributed by atoms with E-state index in [0.29, 0.717) is 5.52 Å². The first-order valence-electron chi connectivity index (χ1n) is 6.35. The van der Waals surface area contributed by atoms with Crippen LogP contribution in [-0.4, -0.2) is 13.0 Å². The molecule has 2 aromatic carbocycles. The van der Waals surface area contributed by atoms with E-state index in [1.54, 1.807) is 0 Å². The van der Waals surface area contributed by atoms with Crippen LogP contribution in [0.5, 0.6) is 0 Å². The Labute approximate surface area is 135 Å². The molecule has 0 spiro atoms. The lowest BCUT2D eigenvalue weighted by molar-refractivity contribution is 0.527. The fourth-order valence-electron chi connectivity index (χ4n) is 2.06. The topological polar surface area (TPSA) is 81.3 Å². The molecule has 23 heavy (non-hydrogen) atoms. The average Bonchev–Trinajstić information content (AvgIpc) is 2.77. The molecule has 9 heteroatoms. The predicted molar refractivity (Wildman–Crippen MR) is 83.7 cm³/mol. The number of oxazole rings is 1. The molecule has 0 radical (unpaired) electrons. The number of benzene rings is 2. The van der Waals surface area contributed by atoms with Crippen LogP contribution in [0.25, 0.3) is 11.1 Å². The molecule has 1 N–H and O–H groups in total. The van der Waals surface area contributed by atoms with Crippen molar-refractivity contribution in [2.75, 3.05) is 4.72 Å². The van der Waals surface area contributed by atoms with Gasteiger partial charge in [-0.05, 0) is 30.3 Å². The lowest BCUT2D eigenvalue weighted by Gasteiger charge is -2.09. The summed E-state index contributed by atoms with van der Waals surface area (Å²) >= 11 is 5.81. The SMILES string of the molecule is Cn1c(=O)oc2cc(S(=O)(=O)Nc3ccc(F)cc3Cl)ccc21. The Morgan fingerprint density at radius 2 is 1.96 bits per heavy atom. The number of nitrogens with zero attached hydrogens (tertiary/aromatic N) is 1. The Morgan fingerprint density at radius 3 is 2.65 bits per heavy atom. The van der Waals surface area contributed by atoms with E-state index in [1.807, 2.05) is 0 Å². The maximum atomic E-state index is 13.0. The van der Waals surface area contributed by atoms with Crippen LogP contribution in [0.15, 0.2) is 50.5 Å². The van der Waals surface area contributed by atoms with Crippen LogP contribution >= 0.6 is 11.6 Å². The second-order valence-electron chi connectivity index (χ2n) is 4.79. The third-order valence-electron chi connectivity index (χ3n) is 3.25. The largest absolute Gasteiger partial charge is 0.419 e. The quantitative estimate of drug-likeness (QED) is 0.782. The number of sulfonamides is 1. The van der Waals surface area contributed by atoms with E-state index in [2.05, 4.69) is 4.72 Å². The van der Waals surface area contributed by atoms with Gasteiger partial charge < -0.3 is 4.42 Å². The van der Waals surface area contributed by atoms with E-state index in [0.717, 1.165) is 12.1 Å². The van der Waals surface area contributed by atoms with Gasteiger partial charge in [-0.1, -0.05) is 11.6 Å². The molecule has 3 aromatic rings. The van der Waals surface area contributed by atoms with Crippen LogP contribution in [-0.2, 0) is 17.1 Å². The molecule has 0 saturated carbocycles. The van der Waals surface area contributed by atoms with Crippen molar-refractivity contribution in [2.45, 2.75) is 4.90 Å². The maximum absolute atomic E-state index is 13.0. The number of aryl methyl sites for hydroxylation is 1. The number of hydrogen-bond donors (Lipinski definition) is 1. The molecule has 120 valence electrons. The zero-order valence-electron chi connectivity index (χ0n) is 11.7. The predicted octanol–water partition coefficient (Wildman–Crippen LogP) is 2.72. The molecule has 0 fully saturated rings. The van der Waals surface area contributed by atoms with Gasteiger partial charge in [0.05, 0.1) is 21.1 Å². The number of nitrogens with one attached hydrogen (secondary N) is 1. The van der Waals surface area contributed by atoms with E-state index >= 15 is 0 Å². The average molecular weight is 357 g/mol. The molecule has 0 aliphatic carbocycles. The molecule has 3 rings (SSSR count). The van der Waals surface area contributed by atoms with Crippen molar-refractivity contribution in [3.8, 4) is 0 Å². The number of aromatic nitrogens is 1. The number of hydrogen-bond acceptors (Lipinski definition) is 4. The molecule has 0 bridgehead atoms. The van der Waals surface area contributed by atoms with Crippen LogP contribution in [0.3, 0.4) is 0 Å². The first kappa shape index (κ1) is 15.6. The first-order chi connectivity index (χ1) is 10.8. The van der Waals surface area contributed by atoms with Crippen molar-refractivity contribution in [3.63, 3.8) is 0 Å². The summed E-state index contributed by atoms with van der Waals surface area (Å²) in [6, 6.07) is 7.33. The normalized spacial score (nSPS) is 11.8. The second kappa shape index (κ2) is 5.39. The number of fused-ring (bicyclic) bond motifs is 1. The van der Waals surface area contributed by atoms with Gasteiger partial charge in [0, 0.05) is 13.1 Å². The van der Waals surface area contributed by atoms with Crippen LogP contribution in [0.4, 0.5) is 10.1 Å². The number of anilines is 1. The Balaban J connectivity index is 2.04. The fraction of sp³-hybridized carbons (Fsp3) is 0.0714. The number of halogens is 2. The van der Waals surface area contributed by atoms with Gasteiger partial charge in [-0.15, -0.1) is 0 Å². The van der Waals surface area contributed by atoms with E-state index in [4.69, 9.17) is 16.0 Å². The lowest BCUT2D eigenvalue weighted by atomic mass is 10.3. The Hall–Kier alpha value is -2.32. The Bertz CT molecular complexity index is 1070. The summed E-state index contributed by atoms with van der Waals surface area (Å²) in [7, 11) is -2.46. The third kappa shape index (κ3) is 2.82. The van der Waals surface area contributed by atoms with Gasteiger partial charge >= 0.3 is 5.76 Å². The second-order valence-corrected chi connectivity index (χ2v) is 6.88. The molecule has 0 saturated heterocycles. The van der Waals surface area contributed by atoms with Crippen molar-refractivity contribution in [1.82, 2.24) is 4.57 Å². The summed E-state index contributed by atoms with van der Waals surface area (Å²) in [5, 5.41) is -0.0686. The molecule has 0 aliphatic rings. The minimum Gasteiger partial charge on any atom is -0.408 e. The highest BCUT2D eigenvalue weighted by atomic mass is 35.5. The molecule has 0 unspecified atom stereocenters. The standard InChI is InChI=1S/C14H10ClFN2O4S/c1-18-12-5-3-9(7-13(12)22-14(18)19)23(20,21)17-11-4-2-8(16)6-10(11)15/h2-7,17H,1H3. The third-order valence-corrected chi connectivity index (χ3v) is 4.93. The summed E-state index contributed by atoms with van der Waals surface area (Å²) < 4.78 is 46.3. The van der Waals surface area contributed by atoms with E-state index in [1.165, 1.54) is 35.9 Å². The summed E-state index contributed by atoms with van der Waals surface area (Å²) in [5.74, 6) is -1.17. The highest BCUT2D eigenvalue weighted by Crippen LogP contribution is 2.26. The van der Waals surface area contributed by atoms with Gasteiger partial charge in [0.1, 0.15) is 5.82 Å². The van der Waals surface area contributed by atoms with Gasteiger partial charge in [0.25, 0.3) is 10.0 Å². The van der Waals surface area contributed by atoms with Gasteiger partial charge in [0.2, 0.25) is 0 Å². The monoisotopic (exact) mass is 356 g/mol. The minimum atomic E-state index is -3.97. The molecule has 6 nitrogen and oxygen atoms in total. The minimum absolute atomic E-state index is 0.0441. The van der Waals surface area contributed by atoms with Gasteiger partial charge in [-0.25, -0.2) is 17.6 Å². The summed E-state index contributed by atoms with van der Waals surface area (Å²) in [4.78, 5) is 11.3. The molecular weight excluding hydrogens is 347 g/mol. The smallest absolute Gasteiger partial charge is 0.408 e. The fourth-order valence-corrected chi connectivity index (χ4v) is 3.42. The molecular formula is C14H10ClFN2O4S. The molecule has 0 amide bonds. The van der Waals surface area contributed by atoms with Gasteiger partial charge in [0.15, 0.2) is 5.58 Å². The molecule has 1 heterocycles. The van der Waals surface area contributed by atoms with Crippen LogP contribution < -0.4 is 10.5 Å². The van der Waals surface area contributed by atoms with Crippen LogP contribution in [0.2, 0.25) is 5.02 Å². The highest BCUT2D eigenvalue weighted by molar-refractivity contribution is 7.92. The van der Waals surface area contributed by atoms with Crippen LogP contribution in [0, 0.1) is 5.82 Å². The lowest BCUT2D eigenvalue weighted by Crippen LogP contribution is -2.13. The van der Waals surface area contributed by atoms with E-state index in [-0.39, 0.29) is 21.2 Å².